The molecule has 2 fully saturated rings. The summed E-state index contributed by atoms with van der Waals surface area (Å²) in [6, 6.07) is 0. The topological polar surface area (TPSA) is 40.5 Å². The van der Waals surface area contributed by atoms with E-state index >= 15 is 0 Å². The number of hydrogen-bond acceptors (Lipinski definition) is 2. The van der Waals surface area contributed by atoms with Crippen molar-refractivity contribution in [3.8, 4) is 0 Å². The van der Waals surface area contributed by atoms with Gasteiger partial charge >= 0.3 is 0 Å². The van der Waals surface area contributed by atoms with Crippen molar-refractivity contribution in [3.05, 3.63) is 0 Å². The van der Waals surface area contributed by atoms with Gasteiger partial charge in [0, 0.05) is 12.5 Å². The highest BCUT2D eigenvalue weighted by Crippen LogP contribution is 2.59. The molecule has 0 aliphatic heterocycles. The molecule has 2 N–H and O–H groups in total. The van der Waals surface area contributed by atoms with E-state index in [2.05, 4.69) is 20.8 Å². The molecular weight excluding hydrogens is 200 g/mol. The Morgan fingerprint density at radius 2 is 1.81 bits per heavy atom. The first-order chi connectivity index (χ1) is 7.42. The van der Waals surface area contributed by atoms with Gasteiger partial charge in [0.15, 0.2) is 0 Å². The van der Waals surface area contributed by atoms with Gasteiger partial charge in [-0.1, -0.05) is 27.2 Å². The maximum absolute atomic E-state index is 10.1. The minimum absolute atomic E-state index is 0.0887. The number of rotatable bonds is 1. The van der Waals surface area contributed by atoms with Gasteiger partial charge in [-0.25, -0.2) is 0 Å². The molecule has 16 heavy (non-hydrogen) atoms. The predicted octanol–water partition coefficient (Wildman–Crippen LogP) is 2.58. The van der Waals surface area contributed by atoms with Crippen LogP contribution in [0.5, 0.6) is 0 Å². The largest absolute Gasteiger partial charge is 0.396 e. The number of fused-ring (bicyclic) bond motifs is 1. The Kier molecular flexibility index (Phi) is 3.09. The van der Waals surface area contributed by atoms with Crippen molar-refractivity contribution in [1.82, 2.24) is 0 Å². The smallest absolute Gasteiger partial charge is 0.0595 e. The van der Waals surface area contributed by atoms with Crippen molar-refractivity contribution in [1.29, 1.82) is 0 Å². The third kappa shape index (κ3) is 1.70. The molecule has 2 saturated carbocycles. The standard InChI is InChI=1S/C14H26O2/c1-13(2)7-4-8-14(3)10(9-15)11(16)5-6-12(13)14/h10-12,15-16H,4-9H2,1-3H3/t10-,11+,12-,14-/m0/s1. The van der Waals surface area contributed by atoms with Gasteiger partial charge in [-0.15, -0.1) is 0 Å². The fraction of sp³-hybridized carbons (Fsp3) is 1.00. The van der Waals surface area contributed by atoms with Crippen LogP contribution in [-0.2, 0) is 0 Å². The highest BCUT2D eigenvalue weighted by molar-refractivity contribution is 5.03. The van der Waals surface area contributed by atoms with E-state index in [1.165, 1.54) is 19.3 Å². The first-order valence-electron chi connectivity index (χ1n) is 6.71. The van der Waals surface area contributed by atoms with Crippen molar-refractivity contribution in [2.24, 2.45) is 22.7 Å². The lowest BCUT2D eigenvalue weighted by atomic mass is 9.48. The number of aliphatic hydroxyl groups excluding tert-OH is 2. The van der Waals surface area contributed by atoms with E-state index in [0.717, 1.165) is 12.8 Å². The summed E-state index contributed by atoms with van der Waals surface area (Å²) >= 11 is 0. The maximum atomic E-state index is 10.1. The highest BCUT2D eigenvalue weighted by Gasteiger charge is 2.54. The Bertz CT molecular complexity index is 261. The van der Waals surface area contributed by atoms with Crippen LogP contribution < -0.4 is 0 Å². The van der Waals surface area contributed by atoms with E-state index in [1.54, 1.807) is 0 Å². The molecule has 0 aromatic carbocycles. The number of hydrogen-bond donors (Lipinski definition) is 2. The normalized spacial score (nSPS) is 47.4. The third-order valence-corrected chi connectivity index (χ3v) is 5.54. The molecular formula is C14H26O2. The SMILES string of the molecule is CC1(C)CCC[C@@]2(C)[C@@H](CO)[C@H](O)CC[C@@H]12. The maximum Gasteiger partial charge on any atom is 0.0595 e. The predicted molar refractivity (Wildman–Crippen MR) is 65.0 cm³/mol. The first-order valence-corrected chi connectivity index (χ1v) is 6.71. The van der Waals surface area contributed by atoms with E-state index in [0.29, 0.717) is 11.3 Å². The second-order valence-electron chi connectivity index (χ2n) is 6.83. The van der Waals surface area contributed by atoms with Crippen molar-refractivity contribution >= 4 is 0 Å². The molecule has 0 heterocycles. The molecule has 2 heteroatoms. The summed E-state index contributed by atoms with van der Waals surface area (Å²) in [5, 5.41) is 19.7. The molecule has 2 rings (SSSR count). The van der Waals surface area contributed by atoms with Crippen molar-refractivity contribution in [2.45, 2.75) is 59.0 Å². The molecule has 0 amide bonds. The molecule has 0 radical (unpaired) electrons. The summed E-state index contributed by atoms with van der Waals surface area (Å²) in [6.07, 6.45) is 5.41. The Balaban J connectivity index is 2.31. The molecule has 2 aliphatic carbocycles. The summed E-state index contributed by atoms with van der Waals surface area (Å²) in [5.41, 5.74) is 0.523. The third-order valence-electron chi connectivity index (χ3n) is 5.54. The first kappa shape index (κ1) is 12.4. The zero-order valence-corrected chi connectivity index (χ0v) is 10.9. The van der Waals surface area contributed by atoms with Gasteiger partial charge in [0.2, 0.25) is 0 Å². The lowest BCUT2D eigenvalue weighted by Crippen LogP contribution is -2.54. The molecule has 0 spiro atoms. The zero-order chi connectivity index (χ0) is 12.0. The average molecular weight is 226 g/mol. The van der Waals surface area contributed by atoms with Crippen molar-refractivity contribution in [3.63, 3.8) is 0 Å². The molecule has 0 aromatic rings. The molecule has 2 nitrogen and oxygen atoms in total. The van der Waals surface area contributed by atoms with Crippen molar-refractivity contribution < 1.29 is 10.2 Å². The van der Waals surface area contributed by atoms with Crippen LogP contribution in [0.4, 0.5) is 0 Å². The van der Waals surface area contributed by atoms with Crippen LogP contribution in [0.25, 0.3) is 0 Å². The van der Waals surface area contributed by atoms with E-state index in [4.69, 9.17) is 0 Å². The van der Waals surface area contributed by atoms with Crippen LogP contribution in [0, 0.1) is 22.7 Å². The number of aliphatic hydroxyl groups is 2. The quantitative estimate of drug-likeness (QED) is 0.721. The van der Waals surface area contributed by atoms with E-state index < -0.39 is 0 Å². The van der Waals surface area contributed by atoms with Crippen LogP contribution >= 0.6 is 0 Å². The van der Waals surface area contributed by atoms with Gasteiger partial charge in [-0.3, -0.25) is 0 Å². The summed E-state index contributed by atoms with van der Waals surface area (Å²) < 4.78 is 0. The van der Waals surface area contributed by atoms with E-state index in [-0.39, 0.29) is 24.0 Å². The van der Waals surface area contributed by atoms with Gasteiger partial charge in [0.1, 0.15) is 0 Å². The summed E-state index contributed by atoms with van der Waals surface area (Å²) in [6.45, 7) is 7.16. The van der Waals surface area contributed by atoms with Gasteiger partial charge < -0.3 is 10.2 Å². The van der Waals surface area contributed by atoms with Gasteiger partial charge in [0.25, 0.3) is 0 Å². The molecule has 0 unspecified atom stereocenters. The minimum Gasteiger partial charge on any atom is -0.396 e. The lowest BCUT2D eigenvalue weighted by molar-refractivity contribution is -0.136. The van der Waals surface area contributed by atoms with Gasteiger partial charge in [-0.05, 0) is 42.4 Å². The fourth-order valence-electron chi connectivity index (χ4n) is 4.64. The molecule has 0 bridgehead atoms. The van der Waals surface area contributed by atoms with Crippen LogP contribution in [0.2, 0.25) is 0 Å². The summed E-state index contributed by atoms with van der Waals surface area (Å²) in [4.78, 5) is 0. The zero-order valence-electron chi connectivity index (χ0n) is 10.9. The Morgan fingerprint density at radius 3 is 2.44 bits per heavy atom. The molecule has 0 saturated heterocycles. The van der Waals surface area contributed by atoms with Crippen LogP contribution in [-0.4, -0.2) is 22.9 Å². The summed E-state index contributed by atoms with van der Waals surface area (Å²) in [5.74, 6) is 0.750. The highest BCUT2D eigenvalue weighted by atomic mass is 16.3. The van der Waals surface area contributed by atoms with Crippen molar-refractivity contribution in [2.75, 3.05) is 6.61 Å². The monoisotopic (exact) mass is 226 g/mol. The lowest BCUT2D eigenvalue weighted by Gasteiger charge is -2.58. The van der Waals surface area contributed by atoms with E-state index in [9.17, 15) is 10.2 Å². The van der Waals surface area contributed by atoms with Gasteiger partial charge in [0.05, 0.1) is 6.10 Å². The second-order valence-corrected chi connectivity index (χ2v) is 6.83. The van der Waals surface area contributed by atoms with Crippen LogP contribution in [0.1, 0.15) is 52.9 Å². The molecule has 2 aliphatic rings. The average Bonchev–Trinajstić information content (AvgIpc) is 2.15. The van der Waals surface area contributed by atoms with Gasteiger partial charge in [-0.2, -0.15) is 0 Å². The van der Waals surface area contributed by atoms with E-state index in [1.807, 2.05) is 0 Å². The van der Waals surface area contributed by atoms with Crippen LogP contribution in [0.15, 0.2) is 0 Å². The summed E-state index contributed by atoms with van der Waals surface area (Å²) in [7, 11) is 0. The Morgan fingerprint density at radius 1 is 1.12 bits per heavy atom. The second kappa shape index (κ2) is 3.99. The Hall–Kier alpha value is -0.0800. The minimum atomic E-state index is -0.292. The Labute approximate surface area is 99.1 Å². The molecule has 94 valence electrons. The fourth-order valence-corrected chi connectivity index (χ4v) is 4.64. The van der Waals surface area contributed by atoms with Crippen LogP contribution in [0.3, 0.4) is 0 Å². The molecule has 4 atom stereocenters. The molecule has 0 aromatic heterocycles.